The number of aromatic nitrogens is 1. The summed E-state index contributed by atoms with van der Waals surface area (Å²) in [7, 11) is 1.58. The largest absolute Gasteiger partial charge is 0.461 e. The first-order valence-electron chi connectivity index (χ1n) is 5.51. The van der Waals surface area contributed by atoms with Gasteiger partial charge in [0.2, 0.25) is 5.76 Å². The Morgan fingerprint density at radius 1 is 1.56 bits per heavy atom. The molecule has 0 fully saturated rings. The molecule has 6 nitrogen and oxygen atoms in total. The van der Waals surface area contributed by atoms with Crippen LogP contribution in [0.1, 0.15) is 17.4 Å². The number of carbonyl (C=O) groups is 1. The van der Waals surface area contributed by atoms with E-state index in [2.05, 4.69) is 10.5 Å². The zero-order valence-corrected chi connectivity index (χ0v) is 10.2. The van der Waals surface area contributed by atoms with E-state index in [4.69, 9.17) is 13.7 Å². The molecule has 0 aliphatic rings. The predicted molar refractivity (Wildman–Crippen MR) is 63.0 cm³/mol. The van der Waals surface area contributed by atoms with Crippen LogP contribution in [-0.2, 0) is 4.74 Å². The Balaban J connectivity index is 2.04. The second kappa shape index (κ2) is 5.50. The molecule has 0 spiro atoms. The van der Waals surface area contributed by atoms with Crippen molar-refractivity contribution in [3.63, 3.8) is 0 Å². The third-order valence-electron chi connectivity index (χ3n) is 2.30. The lowest BCUT2D eigenvalue weighted by Crippen LogP contribution is -2.35. The molecule has 0 saturated carbocycles. The Bertz CT molecular complexity index is 504. The van der Waals surface area contributed by atoms with E-state index >= 15 is 0 Å². The van der Waals surface area contributed by atoms with Crippen LogP contribution in [0.3, 0.4) is 0 Å². The molecular formula is C12H14N2O4. The summed E-state index contributed by atoms with van der Waals surface area (Å²) in [6.07, 6.45) is 1.53. The number of furan rings is 1. The normalized spacial score (nSPS) is 12.3. The van der Waals surface area contributed by atoms with Gasteiger partial charge in [-0.2, -0.15) is 0 Å². The first-order valence-corrected chi connectivity index (χ1v) is 5.51. The summed E-state index contributed by atoms with van der Waals surface area (Å²) >= 11 is 0. The number of rotatable bonds is 5. The van der Waals surface area contributed by atoms with Crippen LogP contribution >= 0.6 is 0 Å². The Morgan fingerprint density at radius 2 is 2.39 bits per heavy atom. The van der Waals surface area contributed by atoms with E-state index in [0.29, 0.717) is 18.1 Å². The lowest BCUT2D eigenvalue weighted by molar-refractivity contribution is 0.0896. The fraction of sp³-hybridized carbons (Fsp3) is 0.333. The lowest BCUT2D eigenvalue weighted by Gasteiger charge is -2.10. The molecule has 96 valence electrons. The van der Waals surface area contributed by atoms with Gasteiger partial charge in [-0.25, -0.2) is 0 Å². The molecule has 2 aromatic heterocycles. The molecule has 0 saturated heterocycles. The van der Waals surface area contributed by atoms with Crippen LogP contribution < -0.4 is 5.32 Å². The van der Waals surface area contributed by atoms with Gasteiger partial charge in [0, 0.05) is 19.2 Å². The van der Waals surface area contributed by atoms with Gasteiger partial charge in [0.15, 0.2) is 11.5 Å². The molecule has 0 bridgehead atoms. The average Bonchev–Trinajstić information content (AvgIpc) is 3.00. The molecule has 18 heavy (non-hydrogen) atoms. The van der Waals surface area contributed by atoms with Crippen LogP contribution in [0, 0.1) is 0 Å². The molecule has 0 aromatic carbocycles. The van der Waals surface area contributed by atoms with E-state index in [-0.39, 0.29) is 17.6 Å². The zero-order valence-electron chi connectivity index (χ0n) is 10.2. The van der Waals surface area contributed by atoms with Gasteiger partial charge < -0.3 is 19.0 Å². The van der Waals surface area contributed by atoms with Gasteiger partial charge in [0.1, 0.15) is 0 Å². The van der Waals surface area contributed by atoms with Gasteiger partial charge in [-0.1, -0.05) is 5.16 Å². The molecule has 2 aromatic rings. The molecule has 6 heteroatoms. The van der Waals surface area contributed by atoms with E-state index in [1.807, 2.05) is 6.92 Å². The summed E-state index contributed by atoms with van der Waals surface area (Å²) < 4.78 is 15.1. The minimum atomic E-state index is -0.305. The minimum Gasteiger partial charge on any atom is -0.461 e. The van der Waals surface area contributed by atoms with E-state index < -0.39 is 0 Å². The Labute approximate surface area is 104 Å². The summed E-state index contributed by atoms with van der Waals surface area (Å²) in [4.78, 5) is 11.8. The maximum atomic E-state index is 11.8. The third-order valence-corrected chi connectivity index (χ3v) is 2.30. The first kappa shape index (κ1) is 12.4. The molecule has 1 amide bonds. The molecule has 0 unspecified atom stereocenters. The van der Waals surface area contributed by atoms with Crippen molar-refractivity contribution in [3.8, 4) is 11.5 Å². The number of hydrogen-bond donors (Lipinski definition) is 1. The number of carbonyl (C=O) groups excluding carboxylic acids is 1. The molecule has 0 aliphatic heterocycles. The molecule has 0 aliphatic carbocycles. The molecular weight excluding hydrogens is 236 g/mol. The SMILES string of the molecule is COC[C@H](C)NC(=O)c1cc(-c2ccco2)on1. The van der Waals surface area contributed by atoms with Crippen molar-refractivity contribution in [1.29, 1.82) is 0 Å². The number of methoxy groups -OCH3 is 1. The van der Waals surface area contributed by atoms with E-state index in [1.54, 1.807) is 19.2 Å². The van der Waals surface area contributed by atoms with Crippen LogP contribution in [0.25, 0.3) is 11.5 Å². The van der Waals surface area contributed by atoms with Crippen molar-refractivity contribution in [2.75, 3.05) is 13.7 Å². The first-order chi connectivity index (χ1) is 8.70. The van der Waals surface area contributed by atoms with Crippen LogP contribution in [0.2, 0.25) is 0 Å². The van der Waals surface area contributed by atoms with E-state index in [9.17, 15) is 4.79 Å². The topological polar surface area (TPSA) is 77.5 Å². The van der Waals surface area contributed by atoms with Crippen molar-refractivity contribution in [2.45, 2.75) is 13.0 Å². The van der Waals surface area contributed by atoms with Crippen molar-refractivity contribution < 1.29 is 18.5 Å². The number of amides is 1. The number of ether oxygens (including phenoxy) is 1. The number of hydrogen-bond acceptors (Lipinski definition) is 5. The molecule has 0 radical (unpaired) electrons. The van der Waals surface area contributed by atoms with Gasteiger partial charge in [-0.05, 0) is 19.1 Å². The Hall–Kier alpha value is -2.08. The van der Waals surface area contributed by atoms with E-state index in [0.717, 1.165) is 0 Å². The maximum Gasteiger partial charge on any atom is 0.273 e. The fourth-order valence-corrected chi connectivity index (χ4v) is 1.51. The average molecular weight is 250 g/mol. The highest BCUT2D eigenvalue weighted by Crippen LogP contribution is 2.20. The minimum absolute atomic E-state index is 0.0914. The highest BCUT2D eigenvalue weighted by molar-refractivity contribution is 5.93. The van der Waals surface area contributed by atoms with Crippen molar-refractivity contribution in [3.05, 3.63) is 30.2 Å². The number of nitrogens with zero attached hydrogens (tertiary/aromatic N) is 1. The summed E-state index contributed by atoms with van der Waals surface area (Å²) in [5.74, 6) is 0.650. The molecule has 2 rings (SSSR count). The Kier molecular flexibility index (Phi) is 3.78. The van der Waals surface area contributed by atoms with Gasteiger partial charge in [-0.3, -0.25) is 4.79 Å². The van der Waals surface area contributed by atoms with E-state index in [1.165, 1.54) is 12.3 Å². The summed E-state index contributed by atoms with van der Waals surface area (Å²) in [6, 6.07) is 4.91. The van der Waals surface area contributed by atoms with Gasteiger partial charge >= 0.3 is 0 Å². The smallest absolute Gasteiger partial charge is 0.273 e. The van der Waals surface area contributed by atoms with Crippen LogP contribution in [0.5, 0.6) is 0 Å². The molecule has 2 heterocycles. The fourth-order valence-electron chi connectivity index (χ4n) is 1.51. The van der Waals surface area contributed by atoms with Crippen molar-refractivity contribution >= 4 is 5.91 Å². The Morgan fingerprint density at radius 3 is 3.06 bits per heavy atom. The van der Waals surface area contributed by atoms with Crippen LogP contribution in [0.15, 0.2) is 33.4 Å². The van der Waals surface area contributed by atoms with Crippen LogP contribution in [-0.4, -0.2) is 30.8 Å². The monoisotopic (exact) mass is 250 g/mol. The predicted octanol–water partition coefficient (Wildman–Crippen LogP) is 1.70. The molecule has 1 atom stereocenters. The second-order valence-electron chi connectivity index (χ2n) is 3.88. The highest BCUT2D eigenvalue weighted by Gasteiger charge is 2.16. The second-order valence-corrected chi connectivity index (χ2v) is 3.88. The standard InChI is InChI=1S/C12H14N2O4/c1-8(7-16-2)13-12(15)9-6-11(18-14-9)10-4-3-5-17-10/h3-6,8H,7H2,1-2H3,(H,13,15)/t8-/m0/s1. The summed E-state index contributed by atoms with van der Waals surface area (Å²) in [6.45, 7) is 2.28. The molecule has 1 N–H and O–H groups in total. The van der Waals surface area contributed by atoms with Gasteiger partial charge in [-0.15, -0.1) is 0 Å². The van der Waals surface area contributed by atoms with Crippen LogP contribution in [0.4, 0.5) is 0 Å². The van der Waals surface area contributed by atoms with Gasteiger partial charge in [0.25, 0.3) is 5.91 Å². The third kappa shape index (κ3) is 2.78. The highest BCUT2D eigenvalue weighted by atomic mass is 16.5. The summed E-state index contributed by atoms with van der Waals surface area (Å²) in [5.41, 5.74) is 0.212. The maximum absolute atomic E-state index is 11.8. The quantitative estimate of drug-likeness (QED) is 0.873. The van der Waals surface area contributed by atoms with Crippen molar-refractivity contribution in [2.24, 2.45) is 0 Å². The number of nitrogens with one attached hydrogen (secondary N) is 1. The summed E-state index contributed by atoms with van der Waals surface area (Å²) in [5, 5.41) is 6.44. The lowest BCUT2D eigenvalue weighted by atomic mass is 10.3. The van der Waals surface area contributed by atoms with Crippen molar-refractivity contribution in [1.82, 2.24) is 10.5 Å². The van der Waals surface area contributed by atoms with Gasteiger partial charge in [0.05, 0.1) is 12.9 Å². The zero-order chi connectivity index (χ0) is 13.0.